The van der Waals surface area contributed by atoms with Crippen molar-refractivity contribution >= 4 is 56.3 Å². The van der Waals surface area contributed by atoms with Crippen LogP contribution in [0.2, 0.25) is 0 Å². The van der Waals surface area contributed by atoms with Gasteiger partial charge in [-0.15, -0.1) is 0 Å². The smallest absolute Gasteiger partial charge is 0.273 e. The van der Waals surface area contributed by atoms with Crippen LogP contribution >= 0.6 is 15.9 Å². The summed E-state index contributed by atoms with van der Waals surface area (Å²) in [7, 11) is 0. The van der Waals surface area contributed by atoms with Gasteiger partial charge in [-0.2, -0.15) is 0 Å². The van der Waals surface area contributed by atoms with E-state index in [4.69, 9.17) is 0 Å². The number of rotatable bonds is 2. The number of fused-ring (bicyclic) bond motifs is 1. The molecule has 6 heteroatoms. The first-order valence-electron chi connectivity index (χ1n) is 8.19. The van der Waals surface area contributed by atoms with Gasteiger partial charge in [-0.05, 0) is 46.7 Å². The molecule has 1 saturated heterocycles. The molecule has 0 atom stereocenters. The number of hydrogen-bond donors (Lipinski definition) is 1. The van der Waals surface area contributed by atoms with E-state index in [1.165, 1.54) is 6.08 Å². The number of nitrogens with zero attached hydrogens (tertiary/aromatic N) is 1. The molecule has 5 nitrogen and oxygen atoms in total. The Labute approximate surface area is 163 Å². The summed E-state index contributed by atoms with van der Waals surface area (Å²) in [5.74, 6) is -1.36. The Balaban J connectivity index is 1.80. The van der Waals surface area contributed by atoms with Gasteiger partial charge >= 0.3 is 6.03 Å². The molecule has 0 bridgehead atoms. The van der Waals surface area contributed by atoms with Crippen LogP contribution in [0.4, 0.5) is 10.5 Å². The van der Waals surface area contributed by atoms with E-state index in [9.17, 15) is 14.4 Å². The summed E-state index contributed by atoms with van der Waals surface area (Å²) in [5, 5.41) is 4.15. The fraction of sp³-hybridized carbons (Fsp3) is 0. The number of halogens is 1. The Morgan fingerprint density at radius 3 is 2.33 bits per heavy atom. The number of imide groups is 2. The van der Waals surface area contributed by atoms with E-state index < -0.39 is 17.8 Å². The number of hydrogen-bond acceptors (Lipinski definition) is 3. The molecule has 4 amide bonds. The molecule has 0 spiro atoms. The van der Waals surface area contributed by atoms with E-state index >= 15 is 0 Å². The van der Waals surface area contributed by atoms with E-state index in [1.54, 1.807) is 24.3 Å². The molecule has 0 aliphatic carbocycles. The number of benzene rings is 3. The Kier molecular flexibility index (Phi) is 4.33. The van der Waals surface area contributed by atoms with Crippen LogP contribution in [0.1, 0.15) is 5.56 Å². The van der Waals surface area contributed by atoms with Gasteiger partial charge < -0.3 is 0 Å². The molecular formula is C21H13BrN2O3. The third-order valence-electron chi connectivity index (χ3n) is 4.31. The molecule has 0 radical (unpaired) electrons. The minimum atomic E-state index is -0.762. The minimum absolute atomic E-state index is 0.0890. The van der Waals surface area contributed by atoms with Crippen LogP contribution in [0.5, 0.6) is 0 Å². The summed E-state index contributed by atoms with van der Waals surface area (Å²) in [5.41, 5.74) is 1.03. The van der Waals surface area contributed by atoms with Gasteiger partial charge in [0.15, 0.2) is 0 Å². The van der Waals surface area contributed by atoms with Gasteiger partial charge in [0.2, 0.25) is 0 Å². The summed E-state index contributed by atoms with van der Waals surface area (Å²) >= 11 is 3.32. The summed E-state index contributed by atoms with van der Waals surface area (Å²) in [6, 6.07) is 19.3. The van der Waals surface area contributed by atoms with Gasteiger partial charge in [-0.25, -0.2) is 9.69 Å². The van der Waals surface area contributed by atoms with Crippen molar-refractivity contribution in [3.63, 3.8) is 0 Å². The first-order valence-corrected chi connectivity index (χ1v) is 8.99. The molecule has 27 heavy (non-hydrogen) atoms. The zero-order valence-electron chi connectivity index (χ0n) is 14.0. The van der Waals surface area contributed by atoms with Crippen LogP contribution in [0.3, 0.4) is 0 Å². The average Bonchev–Trinajstić information content (AvgIpc) is 2.66. The molecule has 1 heterocycles. The van der Waals surface area contributed by atoms with Crippen molar-refractivity contribution in [3.05, 3.63) is 82.3 Å². The molecule has 1 N–H and O–H groups in total. The molecule has 1 aliphatic rings. The van der Waals surface area contributed by atoms with Crippen molar-refractivity contribution in [2.45, 2.75) is 0 Å². The molecule has 3 aromatic rings. The second-order valence-electron chi connectivity index (χ2n) is 6.00. The highest BCUT2D eigenvalue weighted by molar-refractivity contribution is 9.10. The summed E-state index contributed by atoms with van der Waals surface area (Å²) in [6.45, 7) is 0. The molecule has 0 saturated carbocycles. The molecule has 132 valence electrons. The van der Waals surface area contributed by atoms with Gasteiger partial charge in [0, 0.05) is 4.47 Å². The fourth-order valence-corrected chi connectivity index (χ4v) is 3.28. The highest BCUT2D eigenvalue weighted by Crippen LogP contribution is 2.26. The number of carbonyl (C=O) groups excluding carboxylic acids is 3. The fourth-order valence-electron chi connectivity index (χ4n) is 3.01. The van der Waals surface area contributed by atoms with E-state index in [0.717, 1.165) is 25.7 Å². The third-order valence-corrected chi connectivity index (χ3v) is 4.84. The molecule has 3 aromatic carbocycles. The lowest BCUT2D eigenvalue weighted by Crippen LogP contribution is -2.54. The van der Waals surface area contributed by atoms with Crippen LogP contribution < -0.4 is 10.2 Å². The normalized spacial score (nSPS) is 16.1. The van der Waals surface area contributed by atoms with Crippen molar-refractivity contribution in [2.24, 2.45) is 0 Å². The summed E-state index contributed by atoms with van der Waals surface area (Å²) in [6.07, 6.45) is 1.53. The van der Waals surface area contributed by atoms with Crippen molar-refractivity contribution in [2.75, 3.05) is 4.90 Å². The third kappa shape index (κ3) is 3.15. The first kappa shape index (κ1) is 17.2. The maximum absolute atomic E-state index is 12.9. The number of anilines is 1. The molecule has 0 aromatic heterocycles. The predicted octanol–water partition coefficient (Wildman–Crippen LogP) is 4.27. The van der Waals surface area contributed by atoms with E-state index in [0.29, 0.717) is 5.69 Å². The van der Waals surface area contributed by atoms with Crippen LogP contribution in [0.25, 0.3) is 16.8 Å². The Morgan fingerprint density at radius 2 is 1.56 bits per heavy atom. The van der Waals surface area contributed by atoms with Gasteiger partial charge in [0.05, 0.1) is 5.69 Å². The first-order chi connectivity index (χ1) is 13.0. The SMILES string of the molecule is O=C1NC(=O)N(c2ccc(Br)cc2)C(=O)/C1=C/c1cccc2ccccc12. The average molecular weight is 421 g/mol. The van der Waals surface area contributed by atoms with Gasteiger partial charge in [-0.3, -0.25) is 14.9 Å². The molecule has 0 unspecified atom stereocenters. The van der Waals surface area contributed by atoms with Crippen molar-refractivity contribution in [1.82, 2.24) is 5.32 Å². The largest absolute Gasteiger partial charge is 0.335 e. The lowest BCUT2D eigenvalue weighted by Gasteiger charge is -2.26. The second kappa shape index (κ2) is 6.81. The minimum Gasteiger partial charge on any atom is -0.273 e. The second-order valence-corrected chi connectivity index (χ2v) is 6.92. The highest BCUT2D eigenvalue weighted by atomic mass is 79.9. The van der Waals surface area contributed by atoms with Crippen molar-refractivity contribution < 1.29 is 14.4 Å². The topological polar surface area (TPSA) is 66.5 Å². The maximum atomic E-state index is 12.9. The number of barbiturate groups is 1. The maximum Gasteiger partial charge on any atom is 0.335 e. The van der Waals surface area contributed by atoms with Crippen LogP contribution in [-0.4, -0.2) is 17.8 Å². The predicted molar refractivity (Wildman–Crippen MR) is 107 cm³/mol. The number of carbonyl (C=O) groups is 3. The summed E-state index contributed by atoms with van der Waals surface area (Å²) < 4.78 is 0.818. The van der Waals surface area contributed by atoms with E-state index in [-0.39, 0.29) is 5.57 Å². The number of nitrogens with one attached hydrogen (secondary N) is 1. The highest BCUT2D eigenvalue weighted by Gasteiger charge is 2.36. The van der Waals surface area contributed by atoms with Crippen molar-refractivity contribution in [1.29, 1.82) is 0 Å². The molecule has 1 aliphatic heterocycles. The Hall–Kier alpha value is -3.25. The van der Waals surface area contributed by atoms with Crippen LogP contribution in [-0.2, 0) is 9.59 Å². The van der Waals surface area contributed by atoms with E-state index in [1.807, 2.05) is 42.5 Å². The summed E-state index contributed by atoms with van der Waals surface area (Å²) in [4.78, 5) is 38.5. The van der Waals surface area contributed by atoms with Crippen molar-refractivity contribution in [3.8, 4) is 0 Å². The lowest BCUT2D eigenvalue weighted by molar-refractivity contribution is -0.122. The Bertz CT molecular complexity index is 1110. The van der Waals surface area contributed by atoms with Crippen LogP contribution in [0.15, 0.2) is 76.8 Å². The molecule has 4 rings (SSSR count). The standard InChI is InChI=1S/C21H13BrN2O3/c22-15-8-10-16(11-9-15)24-20(26)18(19(25)23-21(24)27)12-14-6-3-5-13-4-1-2-7-17(13)14/h1-12H,(H,23,25,27)/b18-12+. The quantitative estimate of drug-likeness (QED) is 0.497. The number of urea groups is 1. The zero-order valence-corrected chi connectivity index (χ0v) is 15.6. The number of amides is 4. The lowest BCUT2D eigenvalue weighted by atomic mass is 10.0. The molecular weight excluding hydrogens is 408 g/mol. The van der Waals surface area contributed by atoms with E-state index in [2.05, 4.69) is 21.2 Å². The van der Waals surface area contributed by atoms with Crippen LogP contribution in [0, 0.1) is 0 Å². The van der Waals surface area contributed by atoms with Gasteiger partial charge in [0.1, 0.15) is 5.57 Å². The van der Waals surface area contributed by atoms with Gasteiger partial charge in [-0.1, -0.05) is 58.4 Å². The monoisotopic (exact) mass is 420 g/mol. The Morgan fingerprint density at radius 1 is 0.852 bits per heavy atom. The zero-order chi connectivity index (χ0) is 19.0. The molecule has 1 fully saturated rings. The van der Waals surface area contributed by atoms with Gasteiger partial charge in [0.25, 0.3) is 11.8 Å².